The summed E-state index contributed by atoms with van der Waals surface area (Å²) in [6, 6.07) is 9.43. The first-order valence-corrected chi connectivity index (χ1v) is 10.5. The molecule has 3 heterocycles. The molecule has 1 aromatic carbocycles. The summed E-state index contributed by atoms with van der Waals surface area (Å²) >= 11 is 0. The van der Waals surface area contributed by atoms with Gasteiger partial charge >= 0.3 is 0 Å². The fourth-order valence-corrected chi connectivity index (χ4v) is 4.30. The smallest absolute Gasteiger partial charge is 0.261 e. The molecule has 1 saturated heterocycles. The number of carbonyl (C=O) groups is 1. The lowest BCUT2D eigenvalue weighted by Crippen LogP contribution is -2.49. The van der Waals surface area contributed by atoms with E-state index in [1.54, 1.807) is 6.07 Å². The molecule has 30 heavy (non-hydrogen) atoms. The first-order valence-electron chi connectivity index (χ1n) is 10.5. The Kier molecular flexibility index (Phi) is 4.90. The number of rotatable bonds is 4. The molecule has 2 aliphatic rings. The van der Waals surface area contributed by atoms with Crippen molar-refractivity contribution in [3.05, 3.63) is 58.3 Å². The van der Waals surface area contributed by atoms with Gasteiger partial charge in [0.25, 0.3) is 5.56 Å². The molecule has 5 rings (SSSR count). The highest BCUT2D eigenvalue weighted by atomic mass is 16.2. The van der Waals surface area contributed by atoms with Crippen LogP contribution in [0.1, 0.15) is 24.1 Å². The van der Waals surface area contributed by atoms with E-state index in [0.29, 0.717) is 37.0 Å². The number of anilines is 1. The zero-order chi connectivity index (χ0) is 20.5. The van der Waals surface area contributed by atoms with Crippen LogP contribution in [0.15, 0.2) is 41.5 Å². The third kappa shape index (κ3) is 3.53. The van der Waals surface area contributed by atoms with Crippen LogP contribution in [0, 0.1) is 0 Å². The van der Waals surface area contributed by atoms with Crippen LogP contribution >= 0.6 is 0 Å². The molecule has 1 fully saturated rings. The topological polar surface area (TPSA) is 84.2 Å². The van der Waals surface area contributed by atoms with Gasteiger partial charge in [-0.15, -0.1) is 5.10 Å². The number of carbonyl (C=O) groups excluding carboxylic acids is 1. The molecule has 0 unspecified atom stereocenters. The van der Waals surface area contributed by atoms with E-state index < -0.39 is 0 Å². The summed E-state index contributed by atoms with van der Waals surface area (Å²) in [6.07, 6.45) is 5.09. The van der Waals surface area contributed by atoms with Crippen LogP contribution in [0.3, 0.4) is 0 Å². The van der Waals surface area contributed by atoms with Crippen LogP contribution in [0.5, 0.6) is 0 Å². The van der Waals surface area contributed by atoms with Crippen molar-refractivity contribution in [2.45, 2.75) is 32.2 Å². The molecule has 0 spiro atoms. The van der Waals surface area contributed by atoms with Gasteiger partial charge in [0.1, 0.15) is 0 Å². The number of fused-ring (bicyclic) bond motifs is 2. The molecule has 8 nitrogen and oxygen atoms in total. The minimum absolute atomic E-state index is 0.0646. The summed E-state index contributed by atoms with van der Waals surface area (Å²) in [5.74, 6) is 0.978. The standard InChI is InChI=1S/C22H24N6O2/c29-21(8-9-28-15-23-19-6-2-1-5-17(19)22(28)30)27-12-10-26(11-13-27)20-14-16-4-3-7-18(16)24-25-20/h1-2,5-6,14-15H,3-4,7-13H2. The molecule has 0 bridgehead atoms. The first-order chi connectivity index (χ1) is 14.7. The molecule has 0 saturated carbocycles. The highest BCUT2D eigenvalue weighted by Crippen LogP contribution is 2.23. The maximum Gasteiger partial charge on any atom is 0.261 e. The molecule has 1 aliphatic carbocycles. The molecule has 0 N–H and O–H groups in total. The van der Waals surface area contributed by atoms with Crippen molar-refractivity contribution in [3.63, 3.8) is 0 Å². The maximum atomic E-state index is 12.7. The van der Waals surface area contributed by atoms with Crippen molar-refractivity contribution < 1.29 is 4.79 Å². The van der Waals surface area contributed by atoms with Gasteiger partial charge in [0.15, 0.2) is 5.82 Å². The van der Waals surface area contributed by atoms with Crippen LogP contribution in [0.25, 0.3) is 10.9 Å². The van der Waals surface area contributed by atoms with Crippen LogP contribution in [0.2, 0.25) is 0 Å². The van der Waals surface area contributed by atoms with Crippen molar-refractivity contribution >= 4 is 22.6 Å². The first kappa shape index (κ1) is 18.7. The molecule has 8 heteroatoms. The monoisotopic (exact) mass is 404 g/mol. The lowest BCUT2D eigenvalue weighted by atomic mass is 10.2. The number of benzene rings is 1. The van der Waals surface area contributed by atoms with E-state index in [9.17, 15) is 9.59 Å². The lowest BCUT2D eigenvalue weighted by Gasteiger charge is -2.35. The van der Waals surface area contributed by atoms with E-state index in [1.807, 2.05) is 23.1 Å². The van der Waals surface area contributed by atoms with Crippen molar-refractivity contribution in [3.8, 4) is 0 Å². The molecule has 3 aromatic rings. The summed E-state index contributed by atoms with van der Waals surface area (Å²) < 4.78 is 1.52. The van der Waals surface area contributed by atoms with Crippen LogP contribution in [-0.2, 0) is 24.2 Å². The highest BCUT2D eigenvalue weighted by molar-refractivity contribution is 5.77. The van der Waals surface area contributed by atoms with Gasteiger partial charge < -0.3 is 9.80 Å². The molecular formula is C22H24N6O2. The van der Waals surface area contributed by atoms with Crippen LogP contribution in [-0.4, -0.2) is 56.7 Å². The van der Waals surface area contributed by atoms with Gasteiger partial charge in [-0.05, 0) is 43.0 Å². The Morgan fingerprint density at radius 3 is 2.73 bits per heavy atom. The number of aryl methyl sites for hydroxylation is 3. The zero-order valence-corrected chi connectivity index (χ0v) is 16.8. The third-order valence-corrected chi connectivity index (χ3v) is 6.06. The largest absolute Gasteiger partial charge is 0.352 e. The summed E-state index contributed by atoms with van der Waals surface area (Å²) in [5, 5.41) is 9.33. The second-order valence-corrected chi connectivity index (χ2v) is 7.91. The molecule has 154 valence electrons. The summed E-state index contributed by atoms with van der Waals surface area (Å²) in [4.78, 5) is 33.7. The predicted octanol–water partition coefficient (Wildman–Crippen LogP) is 1.41. The van der Waals surface area contributed by atoms with E-state index >= 15 is 0 Å². The van der Waals surface area contributed by atoms with Gasteiger partial charge in [-0.25, -0.2) is 4.98 Å². The predicted molar refractivity (Wildman–Crippen MR) is 113 cm³/mol. The summed E-state index contributed by atoms with van der Waals surface area (Å²) in [7, 11) is 0. The summed E-state index contributed by atoms with van der Waals surface area (Å²) in [5.41, 5.74) is 3.02. The van der Waals surface area contributed by atoms with Gasteiger partial charge in [0.2, 0.25) is 5.91 Å². The Morgan fingerprint density at radius 2 is 1.87 bits per heavy atom. The molecule has 2 aromatic heterocycles. The number of nitrogens with zero attached hydrogens (tertiary/aromatic N) is 6. The number of hydrogen-bond acceptors (Lipinski definition) is 6. The van der Waals surface area contributed by atoms with Crippen molar-refractivity contribution in [2.75, 3.05) is 31.1 Å². The Morgan fingerprint density at radius 1 is 1.03 bits per heavy atom. The maximum absolute atomic E-state index is 12.7. The minimum Gasteiger partial charge on any atom is -0.352 e. The molecule has 1 amide bonds. The zero-order valence-electron chi connectivity index (χ0n) is 16.8. The van der Waals surface area contributed by atoms with Crippen molar-refractivity contribution in [1.29, 1.82) is 0 Å². The van der Waals surface area contributed by atoms with Crippen LogP contribution < -0.4 is 10.5 Å². The average Bonchev–Trinajstić information content (AvgIpc) is 3.27. The number of para-hydroxylation sites is 1. The van der Waals surface area contributed by atoms with E-state index in [1.165, 1.54) is 16.5 Å². The summed E-state index contributed by atoms with van der Waals surface area (Å²) in [6.45, 7) is 3.14. The Hall–Kier alpha value is -3.29. The van der Waals surface area contributed by atoms with Gasteiger partial charge in [0.05, 0.1) is 22.9 Å². The SMILES string of the molecule is O=C(CCn1cnc2ccccc2c1=O)N1CCN(c2cc3c(nn2)CCC3)CC1. The number of aromatic nitrogens is 4. The van der Waals surface area contributed by atoms with Crippen LogP contribution in [0.4, 0.5) is 5.82 Å². The molecular weight excluding hydrogens is 380 g/mol. The fourth-order valence-electron chi connectivity index (χ4n) is 4.30. The minimum atomic E-state index is -0.103. The third-order valence-electron chi connectivity index (χ3n) is 6.06. The second-order valence-electron chi connectivity index (χ2n) is 7.91. The second kappa shape index (κ2) is 7.85. The molecule has 0 radical (unpaired) electrons. The Labute approximate surface area is 174 Å². The van der Waals surface area contributed by atoms with E-state index in [2.05, 4.69) is 26.1 Å². The quantitative estimate of drug-likeness (QED) is 0.654. The van der Waals surface area contributed by atoms with Crippen molar-refractivity contribution in [2.24, 2.45) is 0 Å². The fraction of sp³-hybridized carbons (Fsp3) is 0.409. The lowest BCUT2D eigenvalue weighted by molar-refractivity contribution is -0.131. The number of amides is 1. The highest BCUT2D eigenvalue weighted by Gasteiger charge is 2.23. The Balaban J connectivity index is 1.18. The molecule has 0 atom stereocenters. The van der Waals surface area contributed by atoms with Gasteiger partial charge in [-0.2, -0.15) is 5.10 Å². The van der Waals surface area contributed by atoms with Gasteiger partial charge in [0, 0.05) is 39.1 Å². The number of hydrogen-bond donors (Lipinski definition) is 0. The van der Waals surface area contributed by atoms with E-state index in [-0.39, 0.29) is 11.5 Å². The van der Waals surface area contributed by atoms with E-state index in [4.69, 9.17) is 0 Å². The average molecular weight is 404 g/mol. The van der Waals surface area contributed by atoms with Gasteiger partial charge in [-0.3, -0.25) is 14.2 Å². The normalized spacial score (nSPS) is 16.1. The Bertz CT molecular complexity index is 1150. The van der Waals surface area contributed by atoms with Gasteiger partial charge in [-0.1, -0.05) is 12.1 Å². The van der Waals surface area contributed by atoms with E-state index in [0.717, 1.165) is 43.9 Å². The molecule has 1 aliphatic heterocycles. The number of piperazine rings is 1. The van der Waals surface area contributed by atoms with Crippen molar-refractivity contribution in [1.82, 2.24) is 24.6 Å².